The molecule has 2 atom stereocenters. The number of esters is 1. The molecule has 210 valence electrons. The molecule has 1 aromatic heterocycles. The van der Waals surface area contributed by atoms with Gasteiger partial charge in [0, 0.05) is 24.2 Å². The lowest BCUT2D eigenvalue weighted by Gasteiger charge is -2.30. The first-order valence-corrected chi connectivity index (χ1v) is 12.6. The fourth-order valence-corrected chi connectivity index (χ4v) is 4.06. The molecule has 7 nitrogen and oxygen atoms in total. The van der Waals surface area contributed by atoms with Gasteiger partial charge in [0.2, 0.25) is 5.88 Å². The van der Waals surface area contributed by atoms with E-state index in [0.29, 0.717) is 23.7 Å². The van der Waals surface area contributed by atoms with Crippen molar-refractivity contribution in [2.24, 2.45) is 0 Å². The SMILES string of the molecule is CCOC(=O)c1ccc(CC(c2cccc(C#N)c2)C(C)NC(=O)C(C)(C)Oc2ccc(C(F)(F)F)cn2)cc1. The second kappa shape index (κ2) is 12.6. The number of nitriles is 1. The molecule has 0 saturated carbocycles. The van der Waals surface area contributed by atoms with E-state index in [2.05, 4.69) is 16.4 Å². The fraction of sp³-hybridized carbons (Fsp3) is 0.333. The van der Waals surface area contributed by atoms with E-state index in [1.54, 1.807) is 37.3 Å². The van der Waals surface area contributed by atoms with Gasteiger partial charge in [-0.15, -0.1) is 0 Å². The van der Waals surface area contributed by atoms with Crippen molar-refractivity contribution in [3.8, 4) is 11.9 Å². The summed E-state index contributed by atoms with van der Waals surface area (Å²) < 4.78 is 49.2. The van der Waals surface area contributed by atoms with Crippen molar-refractivity contribution in [2.75, 3.05) is 6.61 Å². The van der Waals surface area contributed by atoms with Gasteiger partial charge in [0.1, 0.15) is 0 Å². The number of nitrogens with zero attached hydrogens (tertiary/aromatic N) is 2. The molecule has 2 aromatic carbocycles. The summed E-state index contributed by atoms with van der Waals surface area (Å²) in [6.07, 6.45) is -3.41. The fourth-order valence-electron chi connectivity index (χ4n) is 4.06. The Morgan fingerprint density at radius 3 is 2.35 bits per heavy atom. The van der Waals surface area contributed by atoms with Gasteiger partial charge in [-0.1, -0.05) is 24.3 Å². The molecule has 1 heterocycles. The second-order valence-electron chi connectivity index (χ2n) is 9.72. The van der Waals surface area contributed by atoms with Gasteiger partial charge < -0.3 is 14.8 Å². The zero-order valence-electron chi connectivity index (χ0n) is 22.6. The number of nitrogens with one attached hydrogen (secondary N) is 1. The molecule has 0 radical (unpaired) electrons. The van der Waals surface area contributed by atoms with Crippen LogP contribution in [-0.4, -0.2) is 35.1 Å². The van der Waals surface area contributed by atoms with Crippen LogP contribution in [0.25, 0.3) is 0 Å². The van der Waals surface area contributed by atoms with Crippen molar-refractivity contribution in [3.05, 3.63) is 94.7 Å². The van der Waals surface area contributed by atoms with Gasteiger partial charge in [-0.25, -0.2) is 9.78 Å². The predicted molar refractivity (Wildman–Crippen MR) is 142 cm³/mol. The van der Waals surface area contributed by atoms with Crippen molar-refractivity contribution >= 4 is 11.9 Å². The van der Waals surface area contributed by atoms with Crippen LogP contribution in [0.3, 0.4) is 0 Å². The number of halogens is 3. The third kappa shape index (κ3) is 7.82. The number of alkyl halides is 3. The average molecular weight is 554 g/mol. The summed E-state index contributed by atoms with van der Waals surface area (Å²) in [5.41, 5.74) is 0.229. The first-order valence-electron chi connectivity index (χ1n) is 12.6. The van der Waals surface area contributed by atoms with E-state index >= 15 is 0 Å². The number of carbonyl (C=O) groups is 2. The van der Waals surface area contributed by atoms with Crippen LogP contribution in [0, 0.1) is 11.3 Å². The Kier molecular flexibility index (Phi) is 9.53. The molecule has 10 heteroatoms. The van der Waals surface area contributed by atoms with Crippen LogP contribution in [0.15, 0.2) is 66.9 Å². The Hall–Kier alpha value is -4.39. The second-order valence-corrected chi connectivity index (χ2v) is 9.72. The van der Waals surface area contributed by atoms with Gasteiger partial charge in [-0.05, 0) is 75.6 Å². The highest BCUT2D eigenvalue weighted by atomic mass is 19.4. The highest BCUT2D eigenvalue weighted by Crippen LogP contribution is 2.30. The number of hydrogen-bond donors (Lipinski definition) is 1. The number of benzene rings is 2. The van der Waals surface area contributed by atoms with Gasteiger partial charge in [0.25, 0.3) is 5.91 Å². The standard InChI is InChI=1S/C30H30F3N3O4/c1-5-39-27(37)22-11-9-20(10-12-22)16-25(23-8-6-7-21(15-23)17-34)19(2)36-28(38)29(3,4)40-26-14-13-24(18-35-26)30(31,32)33/h6-15,18-19,25H,5,16H2,1-4H3,(H,36,38). The van der Waals surface area contributed by atoms with Crippen molar-refractivity contribution in [2.45, 2.75) is 57.9 Å². The lowest BCUT2D eigenvalue weighted by molar-refractivity contribution is -0.138. The Balaban J connectivity index is 1.80. The lowest BCUT2D eigenvalue weighted by atomic mass is 9.85. The van der Waals surface area contributed by atoms with Crippen LogP contribution >= 0.6 is 0 Å². The summed E-state index contributed by atoms with van der Waals surface area (Å²) >= 11 is 0. The van der Waals surface area contributed by atoms with E-state index < -0.39 is 35.3 Å². The molecule has 3 rings (SSSR count). The number of pyridine rings is 1. The smallest absolute Gasteiger partial charge is 0.417 e. The van der Waals surface area contributed by atoms with Gasteiger partial charge in [0.05, 0.1) is 29.4 Å². The molecule has 0 spiro atoms. The van der Waals surface area contributed by atoms with E-state index in [1.807, 2.05) is 25.1 Å². The van der Waals surface area contributed by atoms with Crippen LogP contribution in [0.1, 0.15) is 66.2 Å². The van der Waals surface area contributed by atoms with Gasteiger partial charge in [-0.2, -0.15) is 18.4 Å². The normalized spacial score (nSPS) is 13.1. The molecule has 0 aliphatic carbocycles. The third-order valence-electron chi connectivity index (χ3n) is 6.30. The zero-order chi connectivity index (χ0) is 29.5. The third-order valence-corrected chi connectivity index (χ3v) is 6.30. The van der Waals surface area contributed by atoms with Crippen LogP contribution in [0.4, 0.5) is 13.2 Å². The molecule has 0 saturated heterocycles. The molecule has 1 amide bonds. The summed E-state index contributed by atoms with van der Waals surface area (Å²) in [5, 5.41) is 12.4. The minimum Gasteiger partial charge on any atom is -0.462 e. The Morgan fingerprint density at radius 2 is 1.77 bits per heavy atom. The first kappa shape index (κ1) is 30.2. The molecular weight excluding hydrogens is 523 g/mol. The molecule has 0 fully saturated rings. The van der Waals surface area contributed by atoms with Gasteiger partial charge in [-0.3, -0.25) is 4.79 Å². The predicted octanol–water partition coefficient (Wildman–Crippen LogP) is 5.84. The monoisotopic (exact) mass is 553 g/mol. The van der Waals surface area contributed by atoms with Crippen LogP contribution < -0.4 is 10.1 Å². The molecular formula is C30H30F3N3O4. The molecule has 0 aliphatic heterocycles. The van der Waals surface area contributed by atoms with Crippen molar-refractivity contribution < 1.29 is 32.2 Å². The van der Waals surface area contributed by atoms with E-state index in [-0.39, 0.29) is 18.4 Å². The van der Waals surface area contributed by atoms with Crippen molar-refractivity contribution in [1.29, 1.82) is 5.26 Å². The van der Waals surface area contributed by atoms with E-state index in [4.69, 9.17) is 9.47 Å². The number of rotatable bonds is 10. The molecule has 0 aliphatic rings. The molecule has 2 unspecified atom stereocenters. The van der Waals surface area contributed by atoms with Gasteiger partial charge in [0.15, 0.2) is 5.60 Å². The largest absolute Gasteiger partial charge is 0.462 e. The highest BCUT2D eigenvalue weighted by molar-refractivity contribution is 5.89. The Bertz CT molecular complexity index is 1360. The van der Waals surface area contributed by atoms with Crippen molar-refractivity contribution in [3.63, 3.8) is 0 Å². The molecule has 0 bridgehead atoms. The summed E-state index contributed by atoms with van der Waals surface area (Å²) in [6.45, 7) is 6.81. The van der Waals surface area contributed by atoms with Crippen LogP contribution in [0.2, 0.25) is 0 Å². The maximum Gasteiger partial charge on any atom is 0.417 e. The summed E-state index contributed by atoms with van der Waals surface area (Å²) in [5.74, 6) is -1.31. The molecule has 40 heavy (non-hydrogen) atoms. The number of carbonyl (C=O) groups excluding carboxylic acids is 2. The number of aromatic nitrogens is 1. The summed E-state index contributed by atoms with van der Waals surface area (Å²) in [6, 6.07) is 17.6. The number of hydrogen-bond acceptors (Lipinski definition) is 6. The minimum absolute atomic E-state index is 0.124. The van der Waals surface area contributed by atoms with Crippen LogP contribution in [0.5, 0.6) is 5.88 Å². The van der Waals surface area contributed by atoms with Crippen LogP contribution in [-0.2, 0) is 22.1 Å². The molecule has 3 aromatic rings. The van der Waals surface area contributed by atoms with Gasteiger partial charge >= 0.3 is 12.1 Å². The topological polar surface area (TPSA) is 101 Å². The highest BCUT2D eigenvalue weighted by Gasteiger charge is 2.34. The summed E-state index contributed by atoms with van der Waals surface area (Å²) in [4.78, 5) is 29.0. The first-order chi connectivity index (χ1) is 18.8. The minimum atomic E-state index is -4.54. The van der Waals surface area contributed by atoms with E-state index in [1.165, 1.54) is 13.8 Å². The van der Waals surface area contributed by atoms with E-state index in [9.17, 15) is 28.0 Å². The maximum absolute atomic E-state index is 13.3. The van der Waals surface area contributed by atoms with Crippen molar-refractivity contribution in [1.82, 2.24) is 10.3 Å². The Morgan fingerprint density at radius 1 is 1.07 bits per heavy atom. The van der Waals surface area contributed by atoms with E-state index in [0.717, 1.165) is 23.3 Å². The number of ether oxygens (including phenoxy) is 2. The maximum atomic E-state index is 13.3. The number of amides is 1. The zero-order valence-corrected chi connectivity index (χ0v) is 22.6. The quantitative estimate of drug-likeness (QED) is 0.317. The summed E-state index contributed by atoms with van der Waals surface area (Å²) in [7, 11) is 0. The lowest BCUT2D eigenvalue weighted by Crippen LogP contribution is -2.51. The average Bonchev–Trinajstić information content (AvgIpc) is 2.91. The molecule has 1 N–H and O–H groups in total. The Labute approximate surface area is 230 Å².